The molecule has 0 radical (unpaired) electrons. The summed E-state index contributed by atoms with van der Waals surface area (Å²) in [4.78, 5) is 35.5. The maximum atomic E-state index is 12.5. The van der Waals surface area contributed by atoms with Crippen LogP contribution in [-0.2, 0) is 9.53 Å². The largest absolute Gasteiger partial charge is 0.481 e. The van der Waals surface area contributed by atoms with Crippen molar-refractivity contribution >= 4 is 17.8 Å². The molecule has 130 valence electrons. The molecule has 1 atom stereocenters. The van der Waals surface area contributed by atoms with Crippen LogP contribution < -0.4 is 10.6 Å². The Morgan fingerprint density at radius 3 is 2.54 bits per heavy atom. The van der Waals surface area contributed by atoms with Crippen LogP contribution in [0.2, 0.25) is 0 Å². The lowest BCUT2D eigenvalue weighted by molar-refractivity contribution is -0.138. The van der Waals surface area contributed by atoms with E-state index < -0.39 is 17.4 Å². The molecule has 1 heterocycles. The molecule has 0 spiro atoms. The smallest absolute Gasteiger partial charge is 0.305 e. The quantitative estimate of drug-likeness (QED) is 0.695. The molecule has 1 aromatic carbocycles. The summed E-state index contributed by atoms with van der Waals surface area (Å²) in [6, 6.07) is 6.36. The summed E-state index contributed by atoms with van der Waals surface area (Å²) in [6.45, 7) is 3.10. The van der Waals surface area contributed by atoms with Crippen LogP contribution in [0.25, 0.3) is 0 Å². The van der Waals surface area contributed by atoms with E-state index in [9.17, 15) is 14.4 Å². The average molecular weight is 334 g/mol. The van der Waals surface area contributed by atoms with Crippen molar-refractivity contribution in [2.24, 2.45) is 0 Å². The summed E-state index contributed by atoms with van der Waals surface area (Å²) in [5, 5.41) is 14.6. The highest BCUT2D eigenvalue weighted by Crippen LogP contribution is 2.23. The van der Waals surface area contributed by atoms with Crippen molar-refractivity contribution < 1.29 is 24.2 Å². The van der Waals surface area contributed by atoms with E-state index in [2.05, 4.69) is 10.6 Å². The van der Waals surface area contributed by atoms with E-state index in [0.717, 1.165) is 6.42 Å². The molecule has 7 nitrogen and oxygen atoms in total. The second-order valence-electron chi connectivity index (χ2n) is 5.94. The number of carboxylic acid groups (broad SMARTS) is 1. The van der Waals surface area contributed by atoms with E-state index >= 15 is 0 Å². The molecule has 2 amide bonds. The molecule has 1 aliphatic heterocycles. The van der Waals surface area contributed by atoms with Crippen LogP contribution in [0.3, 0.4) is 0 Å². The molecule has 0 bridgehead atoms. The van der Waals surface area contributed by atoms with Crippen molar-refractivity contribution in [1.82, 2.24) is 10.6 Å². The van der Waals surface area contributed by atoms with Gasteiger partial charge in [-0.15, -0.1) is 0 Å². The Morgan fingerprint density at radius 2 is 1.96 bits per heavy atom. The van der Waals surface area contributed by atoms with Gasteiger partial charge in [0.2, 0.25) is 0 Å². The van der Waals surface area contributed by atoms with Crippen molar-refractivity contribution in [3.63, 3.8) is 0 Å². The summed E-state index contributed by atoms with van der Waals surface area (Å²) in [6.07, 6.45) is 1.07. The SMILES string of the molecule is CCCNC(=O)c1cccc(C(=O)NC2(CC(=O)O)CCOC2)c1. The van der Waals surface area contributed by atoms with Crippen LogP contribution in [0.1, 0.15) is 46.9 Å². The van der Waals surface area contributed by atoms with Crippen molar-refractivity contribution in [3.8, 4) is 0 Å². The van der Waals surface area contributed by atoms with Gasteiger partial charge in [0.15, 0.2) is 0 Å². The third-order valence-corrected chi connectivity index (χ3v) is 3.89. The van der Waals surface area contributed by atoms with E-state index in [4.69, 9.17) is 9.84 Å². The Bertz CT molecular complexity index is 623. The number of carbonyl (C=O) groups is 3. The second kappa shape index (κ2) is 7.92. The van der Waals surface area contributed by atoms with Gasteiger partial charge in [-0.2, -0.15) is 0 Å². The summed E-state index contributed by atoms with van der Waals surface area (Å²) < 4.78 is 5.26. The van der Waals surface area contributed by atoms with E-state index in [-0.39, 0.29) is 18.9 Å². The molecule has 0 aromatic heterocycles. The second-order valence-corrected chi connectivity index (χ2v) is 5.94. The maximum absolute atomic E-state index is 12.5. The Balaban J connectivity index is 2.11. The van der Waals surface area contributed by atoms with Crippen molar-refractivity contribution in [3.05, 3.63) is 35.4 Å². The zero-order valence-corrected chi connectivity index (χ0v) is 13.6. The zero-order chi connectivity index (χ0) is 17.6. The molecule has 3 N–H and O–H groups in total. The van der Waals surface area contributed by atoms with Crippen LogP contribution in [0, 0.1) is 0 Å². The lowest BCUT2D eigenvalue weighted by Crippen LogP contribution is -2.50. The van der Waals surface area contributed by atoms with Crippen LogP contribution in [0.5, 0.6) is 0 Å². The molecule has 2 rings (SSSR count). The maximum Gasteiger partial charge on any atom is 0.305 e. The third kappa shape index (κ3) is 4.55. The van der Waals surface area contributed by atoms with E-state index in [0.29, 0.717) is 30.7 Å². The van der Waals surface area contributed by atoms with E-state index in [1.54, 1.807) is 18.2 Å². The van der Waals surface area contributed by atoms with Crippen LogP contribution in [0.4, 0.5) is 0 Å². The van der Waals surface area contributed by atoms with E-state index in [1.165, 1.54) is 6.07 Å². The summed E-state index contributed by atoms with van der Waals surface area (Å²) in [5.74, 6) is -1.64. The number of carbonyl (C=O) groups excluding carboxylic acids is 2. The Kier molecular flexibility index (Phi) is 5.92. The number of benzene rings is 1. The fourth-order valence-corrected chi connectivity index (χ4v) is 2.63. The topological polar surface area (TPSA) is 105 Å². The highest BCUT2D eigenvalue weighted by molar-refractivity contribution is 6.00. The number of nitrogens with one attached hydrogen (secondary N) is 2. The van der Waals surface area contributed by atoms with Gasteiger partial charge in [0.05, 0.1) is 18.6 Å². The minimum Gasteiger partial charge on any atom is -0.481 e. The van der Waals surface area contributed by atoms with Crippen LogP contribution in [-0.4, -0.2) is 48.2 Å². The summed E-state index contributed by atoms with van der Waals surface area (Å²) in [5.41, 5.74) is -0.189. The first kappa shape index (κ1) is 17.9. The zero-order valence-electron chi connectivity index (χ0n) is 13.6. The van der Waals surface area contributed by atoms with Gasteiger partial charge in [0, 0.05) is 24.3 Å². The standard InChI is InChI=1S/C17H22N2O5/c1-2-7-18-15(22)12-4-3-5-13(9-12)16(23)19-17(10-14(20)21)6-8-24-11-17/h3-5,9H,2,6-8,10-11H2,1H3,(H,18,22)(H,19,23)(H,20,21). The van der Waals surface area contributed by atoms with Crippen molar-refractivity contribution in [2.75, 3.05) is 19.8 Å². The Hall–Kier alpha value is -2.41. The first-order valence-electron chi connectivity index (χ1n) is 7.96. The van der Waals surface area contributed by atoms with Crippen molar-refractivity contribution in [2.45, 2.75) is 31.7 Å². The monoisotopic (exact) mass is 334 g/mol. The van der Waals surface area contributed by atoms with Gasteiger partial charge in [-0.05, 0) is 31.0 Å². The lowest BCUT2D eigenvalue weighted by Gasteiger charge is -2.27. The number of rotatable bonds is 7. The molecule has 0 saturated carbocycles. The number of hydrogen-bond donors (Lipinski definition) is 3. The van der Waals surface area contributed by atoms with E-state index in [1.807, 2.05) is 6.92 Å². The third-order valence-electron chi connectivity index (χ3n) is 3.89. The first-order valence-corrected chi connectivity index (χ1v) is 7.96. The van der Waals surface area contributed by atoms with Gasteiger partial charge in [-0.25, -0.2) is 0 Å². The Morgan fingerprint density at radius 1 is 1.25 bits per heavy atom. The Labute approximate surface area is 140 Å². The molecule has 1 fully saturated rings. The number of ether oxygens (including phenoxy) is 1. The molecule has 0 aliphatic carbocycles. The average Bonchev–Trinajstić information content (AvgIpc) is 2.99. The molecular formula is C17H22N2O5. The number of carboxylic acids is 1. The van der Waals surface area contributed by atoms with Gasteiger partial charge >= 0.3 is 5.97 Å². The van der Waals surface area contributed by atoms with Crippen molar-refractivity contribution in [1.29, 1.82) is 0 Å². The lowest BCUT2D eigenvalue weighted by atomic mass is 9.93. The number of amides is 2. The van der Waals surface area contributed by atoms with Gasteiger partial charge in [0.1, 0.15) is 0 Å². The normalized spacial score (nSPS) is 19.7. The fraction of sp³-hybridized carbons (Fsp3) is 0.471. The molecule has 1 aromatic rings. The summed E-state index contributed by atoms with van der Waals surface area (Å²) >= 11 is 0. The van der Waals surface area contributed by atoms with Crippen LogP contribution >= 0.6 is 0 Å². The minimum absolute atomic E-state index is 0.168. The van der Waals surface area contributed by atoms with Gasteiger partial charge in [0.25, 0.3) is 11.8 Å². The van der Waals surface area contributed by atoms with Crippen LogP contribution in [0.15, 0.2) is 24.3 Å². The molecule has 24 heavy (non-hydrogen) atoms. The molecular weight excluding hydrogens is 312 g/mol. The minimum atomic E-state index is -0.992. The fourth-order valence-electron chi connectivity index (χ4n) is 2.63. The first-order chi connectivity index (χ1) is 11.5. The number of hydrogen-bond acceptors (Lipinski definition) is 4. The van der Waals surface area contributed by atoms with Gasteiger partial charge < -0.3 is 20.5 Å². The highest BCUT2D eigenvalue weighted by atomic mass is 16.5. The predicted molar refractivity (Wildman–Crippen MR) is 87.0 cm³/mol. The molecule has 1 aliphatic rings. The molecule has 1 unspecified atom stereocenters. The number of aliphatic carboxylic acids is 1. The predicted octanol–water partition coefficient (Wildman–Crippen LogP) is 1.19. The van der Waals surface area contributed by atoms with Gasteiger partial charge in [-0.3, -0.25) is 14.4 Å². The van der Waals surface area contributed by atoms with Gasteiger partial charge in [-0.1, -0.05) is 13.0 Å². The molecule has 1 saturated heterocycles. The molecule has 7 heteroatoms. The highest BCUT2D eigenvalue weighted by Gasteiger charge is 2.38. The summed E-state index contributed by atoms with van der Waals surface area (Å²) in [7, 11) is 0.